The van der Waals surface area contributed by atoms with E-state index in [1.807, 2.05) is 32.9 Å². The van der Waals surface area contributed by atoms with Crippen LogP contribution < -0.4 is 10.1 Å². The molecule has 1 amide bonds. The normalized spacial score (nSPS) is 13.8. The molecule has 3 aromatic rings. The molecule has 3 N–H and O–H groups in total. The summed E-state index contributed by atoms with van der Waals surface area (Å²) in [5.74, 6) is -1.46. The minimum absolute atomic E-state index is 0.0214. The van der Waals surface area contributed by atoms with Crippen molar-refractivity contribution in [1.29, 1.82) is 0 Å². The van der Waals surface area contributed by atoms with Gasteiger partial charge in [-0.3, -0.25) is 9.59 Å². The molecular weight excluding hydrogens is 470 g/mol. The molecule has 2 aromatic carbocycles. The number of carboxylic acids is 1. The van der Waals surface area contributed by atoms with E-state index in [2.05, 4.69) is 10.4 Å². The van der Waals surface area contributed by atoms with E-state index in [1.165, 1.54) is 10.7 Å². The molecule has 1 aromatic heterocycles. The number of rotatable bonds is 10. The molecule has 0 saturated heterocycles. The van der Waals surface area contributed by atoms with Crippen LogP contribution in [-0.4, -0.2) is 44.1 Å². The van der Waals surface area contributed by atoms with E-state index < -0.39 is 23.5 Å². The van der Waals surface area contributed by atoms with Gasteiger partial charge < -0.3 is 20.3 Å². The zero-order valence-corrected chi connectivity index (χ0v) is 20.9. The Balaban J connectivity index is 1.96. The number of carboxylic acid groups (broad SMARTS) is 1. The van der Waals surface area contributed by atoms with Gasteiger partial charge in [-0.05, 0) is 43.0 Å². The number of aliphatic carboxylic acids is 1. The molecule has 9 heteroatoms. The van der Waals surface area contributed by atoms with Gasteiger partial charge in [0.15, 0.2) is 5.69 Å². The summed E-state index contributed by atoms with van der Waals surface area (Å²) in [4.78, 5) is 24.7. The number of carbonyl (C=O) groups is 2. The summed E-state index contributed by atoms with van der Waals surface area (Å²) in [6, 6.07) is 14.9. The predicted molar refractivity (Wildman–Crippen MR) is 133 cm³/mol. The monoisotopic (exact) mass is 499 g/mol. The zero-order chi connectivity index (χ0) is 25.8. The molecule has 8 nitrogen and oxygen atoms in total. The van der Waals surface area contributed by atoms with E-state index in [9.17, 15) is 19.8 Å². The lowest BCUT2D eigenvalue weighted by molar-refractivity contribution is -0.137. The van der Waals surface area contributed by atoms with Crippen LogP contribution in [0, 0.1) is 12.8 Å². The predicted octanol–water partition coefficient (Wildman–Crippen LogP) is 4.57. The fraction of sp³-hybridized carbons (Fsp3) is 0.346. The summed E-state index contributed by atoms with van der Waals surface area (Å²) in [5.41, 5.74) is 0.968. The Morgan fingerprint density at radius 1 is 1.17 bits per heavy atom. The maximum absolute atomic E-state index is 13.2. The maximum atomic E-state index is 13.2. The third kappa shape index (κ3) is 6.41. The Hall–Kier alpha value is -3.36. The molecule has 0 aliphatic rings. The number of para-hydroxylation sites is 1. The van der Waals surface area contributed by atoms with Crippen LogP contribution in [-0.2, 0) is 4.79 Å². The quantitative estimate of drug-likeness (QED) is 0.376. The molecular formula is C26H30ClN3O5. The number of aryl methyl sites for hydroxylation is 1. The highest BCUT2D eigenvalue weighted by molar-refractivity contribution is 6.32. The van der Waals surface area contributed by atoms with Crippen molar-refractivity contribution < 1.29 is 24.5 Å². The van der Waals surface area contributed by atoms with Crippen LogP contribution in [0.4, 0.5) is 0 Å². The van der Waals surface area contributed by atoms with E-state index in [0.717, 1.165) is 5.56 Å². The standard InChI is InChI=1S/C26H30ClN3O5/c1-16(2)26(4,34)15-35-23-13-21(29-30(23)22-12-8-7-11-19(22)27)25(33)28-20(14-24(31)32)18-10-6-5-9-17(18)3/h5-13,16,20,34H,14-15H2,1-4H3,(H,28,33)(H,31,32)/t20-,26+/m0/s1. The van der Waals surface area contributed by atoms with Gasteiger partial charge >= 0.3 is 5.97 Å². The smallest absolute Gasteiger partial charge is 0.305 e. The molecule has 0 fully saturated rings. The van der Waals surface area contributed by atoms with Crippen molar-refractivity contribution in [2.45, 2.75) is 45.8 Å². The summed E-state index contributed by atoms with van der Waals surface area (Å²) >= 11 is 6.37. The van der Waals surface area contributed by atoms with Crippen molar-refractivity contribution in [2.24, 2.45) is 5.92 Å². The number of hydrogen-bond donors (Lipinski definition) is 3. The SMILES string of the molecule is Cc1ccccc1[C@H](CC(=O)O)NC(=O)c1cc(OC[C@@](C)(O)C(C)C)n(-c2ccccc2Cl)n1. The van der Waals surface area contributed by atoms with Crippen LogP contribution in [0.1, 0.15) is 54.8 Å². The number of aliphatic hydroxyl groups is 1. The summed E-state index contributed by atoms with van der Waals surface area (Å²) in [7, 11) is 0. The second-order valence-corrected chi connectivity index (χ2v) is 9.42. The van der Waals surface area contributed by atoms with Crippen molar-refractivity contribution in [3.63, 3.8) is 0 Å². The molecule has 0 aliphatic carbocycles. The first-order valence-corrected chi connectivity index (χ1v) is 11.7. The lowest BCUT2D eigenvalue weighted by Gasteiger charge is -2.27. The zero-order valence-electron chi connectivity index (χ0n) is 20.2. The summed E-state index contributed by atoms with van der Waals surface area (Å²) in [6.07, 6.45) is -0.289. The number of ether oxygens (including phenoxy) is 1. The number of nitrogens with zero attached hydrogens (tertiary/aromatic N) is 2. The van der Waals surface area contributed by atoms with Crippen molar-refractivity contribution in [2.75, 3.05) is 6.61 Å². The van der Waals surface area contributed by atoms with Gasteiger partial charge in [-0.1, -0.05) is 61.8 Å². The largest absolute Gasteiger partial charge is 0.481 e. The molecule has 3 rings (SSSR count). The molecule has 186 valence electrons. The van der Waals surface area contributed by atoms with Gasteiger partial charge in [-0.15, -0.1) is 0 Å². The fourth-order valence-corrected chi connectivity index (χ4v) is 3.60. The molecule has 35 heavy (non-hydrogen) atoms. The Morgan fingerprint density at radius 3 is 2.46 bits per heavy atom. The van der Waals surface area contributed by atoms with Gasteiger partial charge in [-0.2, -0.15) is 9.78 Å². The number of aromatic nitrogens is 2. The second-order valence-electron chi connectivity index (χ2n) is 9.01. The Bertz CT molecular complexity index is 1210. The molecule has 0 bridgehead atoms. The number of amides is 1. The molecule has 0 saturated carbocycles. The van der Waals surface area contributed by atoms with Crippen molar-refractivity contribution in [3.05, 3.63) is 76.4 Å². The van der Waals surface area contributed by atoms with Gasteiger partial charge in [0.2, 0.25) is 5.88 Å². The summed E-state index contributed by atoms with van der Waals surface area (Å²) < 4.78 is 7.29. The van der Waals surface area contributed by atoms with Crippen molar-refractivity contribution in [1.82, 2.24) is 15.1 Å². The lowest BCUT2D eigenvalue weighted by atomic mass is 9.94. The lowest BCUT2D eigenvalue weighted by Crippen LogP contribution is -2.38. The highest BCUT2D eigenvalue weighted by Gasteiger charge is 2.28. The van der Waals surface area contributed by atoms with Crippen molar-refractivity contribution in [3.8, 4) is 11.6 Å². The highest BCUT2D eigenvalue weighted by atomic mass is 35.5. The van der Waals surface area contributed by atoms with Gasteiger partial charge in [-0.25, -0.2) is 0 Å². The minimum Gasteiger partial charge on any atom is -0.481 e. The first-order valence-electron chi connectivity index (χ1n) is 11.3. The van der Waals surface area contributed by atoms with Crippen LogP contribution in [0.3, 0.4) is 0 Å². The average Bonchev–Trinajstić information content (AvgIpc) is 3.22. The molecule has 2 atom stereocenters. The minimum atomic E-state index is -1.12. The van der Waals surface area contributed by atoms with E-state index >= 15 is 0 Å². The average molecular weight is 500 g/mol. The Labute approximate surface area is 209 Å². The Kier molecular flexibility index (Phi) is 8.19. The molecule has 0 spiro atoms. The second kappa shape index (κ2) is 10.9. The third-order valence-corrected chi connectivity index (χ3v) is 6.31. The van der Waals surface area contributed by atoms with Gasteiger partial charge in [0.1, 0.15) is 6.61 Å². The van der Waals surface area contributed by atoms with Gasteiger partial charge in [0.05, 0.1) is 28.8 Å². The van der Waals surface area contributed by atoms with Crippen LogP contribution in [0.2, 0.25) is 5.02 Å². The summed E-state index contributed by atoms with van der Waals surface area (Å²) in [6.45, 7) is 7.24. The fourth-order valence-electron chi connectivity index (χ4n) is 3.38. The molecule has 0 unspecified atom stereocenters. The number of benzene rings is 2. The van der Waals surface area contributed by atoms with Crippen LogP contribution in [0.25, 0.3) is 5.69 Å². The van der Waals surface area contributed by atoms with E-state index in [-0.39, 0.29) is 30.5 Å². The van der Waals surface area contributed by atoms with E-state index in [4.69, 9.17) is 16.3 Å². The van der Waals surface area contributed by atoms with Crippen LogP contribution in [0.5, 0.6) is 5.88 Å². The van der Waals surface area contributed by atoms with Gasteiger partial charge in [0, 0.05) is 6.07 Å². The van der Waals surface area contributed by atoms with Crippen molar-refractivity contribution >= 4 is 23.5 Å². The molecule has 0 aliphatic heterocycles. The third-order valence-electron chi connectivity index (χ3n) is 5.99. The van der Waals surface area contributed by atoms with E-state index in [0.29, 0.717) is 16.3 Å². The summed E-state index contributed by atoms with van der Waals surface area (Å²) in [5, 5.41) is 27.6. The number of halogens is 1. The first-order chi connectivity index (χ1) is 16.5. The number of carbonyl (C=O) groups excluding carboxylic acids is 1. The topological polar surface area (TPSA) is 114 Å². The molecule has 0 radical (unpaired) electrons. The molecule has 1 heterocycles. The maximum Gasteiger partial charge on any atom is 0.305 e. The van der Waals surface area contributed by atoms with Gasteiger partial charge in [0.25, 0.3) is 5.91 Å². The number of hydrogen-bond acceptors (Lipinski definition) is 5. The van der Waals surface area contributed by atoms with E-state index in [1.54, 1.807) is 43.3 Å². The van der Waals surface area contributed by atoms with Crippen LogP contribution in [0.15, 0.2) is 54.6 Å². The first kappa shape index (κ1) is 26.2. The Morgan fingerprint density at radius 2 is 1.83 bits per heavy atom. The van der Waals surface area contributed by atoms with Crippen LogP contribution >= 0.6 is 11.6 Å². The number of nitrogens with one attached hydrogen (secondary N) is 1. The highest BCUT2D eigenvalue weighted by Crippen LogP contribution is 2.28.